The third-order valence-corrected chi connectivity index (χ3v) is 1.65. The van der Waals surface area contributed by atoms with Crippen molar-refractivity contribution >= 4 is 5.97 Å². The van der Waals surface area contributed by atoms with Crippen molar-refractivity contribution in [1.29, 1.82) is 0 Å². The van der Waals surface area contributed by atoms with Gasteiger partial charge in [0.1, 0.15) is 0 Å². The molecule has 0 heterocycles. The molecule has 0 aromatic heterocycles. The zero-order chi connectivity index (χ0) is 9.56. The van der Waals surface area contributed by atoms with Crippen LogP contribution in [0.1, 0.15) is 26.7 Å². The Morgan fingerprint density at radius 3 is 2.58 bits per heavy atom. The highest BCUT2D eigenvalue weighted by molar-refractivity contribution is 5.66. The molecule has 68 valence electrons. The van der Waals surface area contributed by atoms with Gasteiger partial charge in [0.05, 0.1) is 0 Å². The monoisotopic (exact) mass is 168 g/mol. The van der Waals surface area contributed by atoms with E-state index in [1.807, 2.05) is 26.0 Å². The minimum atomic E-state index is -0.742. The topological polar surface area (TPSA) is 37.3 Å². The van der Waals surface area contributed by atoms with Crippen LogP contribution in [-0.4, -0.2) is 11.1 Å². The maximum atomic E-state index is 10.2. The maximum absolute atomic E-state index is 10.2. The molecule has 2 nitrogen and oxygen atoms in total. The lowest BCUT2D eigenvalue weighted by Crippen LogP contribution is -1.95. The van der Waals surface area contributed by atoms with Crippen molar-refractivity contribution in [3.05, 3.63) is 24.3 Å². The van der Waals surface area contributed by atoms with Crippen LogP contribution in [0.15, 0.2) is 24.3 Å². The summed E-state index contributed by atoms with van der Waals surface area (Å²) in [6.07, 6.45) is 4.72. The summed E-state index contributed by atoms with van der Waals surface area (Å²) < 4.78 is 0. The second-order valence-electron chi connectivity index (χ2n) is 3.00. The molecule has 12 heavy (non-hydrogen) atoms. The third-order valence-electron chi connectivity index (χ3n) is 1.65. The number of rotatable bonds is 5. The Morgan fingerprint density at radius 2 is 2.17 bits per heavy atom. The van der Waals surface area contributed by atoms with Gasteiger partial charge in [-0.25, -0.2) is 0 Å². The smallest absolute Gasteiger partial charge is 0.303 e. The molecular weight excluding hydrogens is 152 g/mol. The molecule has 0 aliphatic carbocycles. The summed E-state index contributed by atoms with van der Waals surface area (Å²) in [6, 6.07) is 0. The Balaban J connectivity index is 3.85. The summed E-state index contributed by atoms with van der Waals surface area (Å²) in [6.45, 7) is 7.62. The minimum absolute atomic E-state index is 0.214. The Kier molecular flexibility index (Phi) is 5.09. The lowest BCUT2D eigenvalue weighted by Gasteiger charge is -2.01. The first-order valence-electron chi connectivity index (χ1n) is 4.08. The quantitative estimate of drug-likeness (QED) is 0.641. The fraction of sp³-hybridized carbons (Fsp3) is 0.500. The van der Waals surface area contributed by atoms with Crippen LogP contribution >= 0.6 is 0 Å². The molecule has 1 atom stereocenters. The first-order valence-corrected chi connectivity index (χ1v) is 4.08. The van der Waals surface area contributed by atoms with E-state index in [9.17, 15) is 4.79 Å². The number of carbonyl (C=O) groups is 1. The number of hydrogen-bond donors (Lipinski definition) is 1. The molecule has 0 aliphatic heterocycles. The second kappa shape index (κ2) is 5.58. The van der Waals surface area contributed by atoms with Crippen LogP contribution < -0.4 is 0 Å². The van der Waals surface area contributed by atoms with E-state index in [4.69, 9.17) is 5.11 Å². The standard InChI is InChI=1S/C10H16O2/c1-4-8(2)7-9(3)5-6-10(11)12/h4,7-8H,1,5-6H2,2-3H3,(H,11,12)/b9-7+. The molecule has 0 rings (SSSR count). The molecule has 0 aromatic carbocycles. The van der Waals surface area contributed by atoms with Crippen molar-refractivity contribution in [3.63, 3.8) is 0 Å². The van der Waals surface area contributed by atoms with Crippen LogP contribution in [0, 0.1) is 5.92 Å². The normalized spacial score (nSPS) is 14.0. The van der Waals surface area contributed by atoms with Gasteiger partial charge in [-0.15, -0.1) is 6.58 Å². The van der Waals surface area contributed by atoms with Gasteiger partial charge in [-0.05, 0) is 19.3 Å². The van der Waals surface area contributed by atoms with E-state index >= 15 is 0 Å². The van der Waals surface area contributed by atoms with Gasteiger partial charge in [0.25, 0.3) is 0 Å². The number of aliphatic carboxylic acids is 1. The van der Waals surface area contributed by atoms with Gasteiger partial charge >= 0.3 is 5.97 Å². The van der Waals surface area contributed by atoms with Crippen LogP contribution in [0.25, 0.3) is 0 Å². The molecule has 0 aliphatic rings. The largest absolute Gasteiger partial charge is 0.481 e. The summed E-state index contributed by atoms with van der Waals surface area (Å²) in [5.41, 5.74) is 1.12. The van der Waals surface area contributed by atoms with Crippen molar-refractivity contribution in [2.75, 3.05) is 0 Å². The molecule has 0 fully saturated rings. The van der Waals surface area contributed by atoms with Gasteiger partial charge in [-0.3, -0.25) is 4.79 Å². The van der Waals surface area contributed by atoms with Crippen LogP contribution in [0.2, 0.25) is 0 Å². The van der Waals surface area contributed by atoms with Crippen molar-refractivity contribution < 1.29 is 9.90 Å². The van der Waals surface area contributed by atoms with Gasteiger partial charge in [0.2, 0.25) is 0 Å². The molecule has 0 aromatic rings. The molecule has 0 bridgehead atoms. The maximum Gasteiger partial charge on any atom is 0.303 e. The first-order chi connectivity index (χ1) is 5.56. The Labute approximate surface area is 73.6 Å². The van der Waals surface area contributed by atoms with Gasteiger partial charge in [0, 0.05) is 6.42 Å². The molecule has 0 saturated carbocycles. The molecule has 1 N–H and O–H groups in total. The highest BCUT2D eigenvalue weighted by Crippen LogP contribution is 2.08. The molecule has 0 saturated heterocycles. The summed E-state index contributed by atoms with van der Waals surface area (Å²) in [7, 11) is 0. The molecule has 2 heteroatoms. The minimum Gasteiger partial charge on any atom is -0.481 e. The third kappa shape index (κ3) is 5.71. The van der Waals surface area contributed by atoms with E-state index in [2.05, 4.69) is 6.58 Å². The van der Waals surface area contributed by atoms with Crippen molar-refractivity contribution in [1.82, 2.24) is 0 Å². The first kappa shape index (κ1) is 11.0. The number of carboxylic acid groups (broad SMARTS) is 1. The zero-order valence-electron chi connectivity index (χ0n) is 7.71. The molecule has 0 amide bonds. The van der Waals surface area contributed by atoms with E-state index in [1.165, 1.54) is 0 Å². The summed E-state index contributed by atoms with van der Waals surface area (Å²) in [5.74, 6) is -0.409. The van der Waals surface area contributed by atoms with E-state index in [-0.39, 0.29) is 6.42 Å². The fourth-order valence-corrected chi connectivity index (χ4v) is 0.904. The molecular formula is C10H16O2. The Morgan fingerprint density at radius 1 is 1.58 bits per heavy atom. The predicted octanol–water partition coefficient (Wildman–Crippen LogP) is 2.62. The number of hydrogen-bond acceptors (Lipinski definition) is 1. The number of carboxylic acids is 1. The summed E-state index contributed by atoms with van der Waals surface area (Å²) in [4.78, 5) is 10.2. The van der Waals surface area contributed by atoms with Gasteiger partial charge < -0.3 is 5.11 Å². The van der Waals surface area contributed by atoms with Crippen molar-refractivity contribution in [2.45, 2.75) is 26.7 Å². The predicted molar refractivity (Wildman–Crippen MR) is 50.0 cm³/mol. The number of allylic oxidation sites excluding steroid dienone is 3. The van der Waals surface area contributed by atoms with Crippen molar-refractivity contribution in [3.8, 4) is 0 Å². The zero-order valence-corrected chi connectivity index (χ0v) is 7.71. The highest BCUT2D eigenvalue weighted by atomic mass is 16.4. The summed E-state index contributed by atoms with van der Waals surface area (Å²) in [5, 5.41) is 8.41. The van der Waals surface area contributed by atoms with Gasteiger partial charge in [-0.2, -0.15) is 0 Å². The lowest BCUT2D eigenvalue weighted by molar-refractivity contribution is -0.136. The van der Waals surface area contributed by atoms with E-state index in [1.54, 1.807) is 0 Å². The van der Waals surface area contributed by atoms with Gasteiger partial charge in [0.15, 0.2) is 0 Å². The van der Waals surface area contributed by atoms with Crippen molar-refractivity contribution in [2.24, 2.45) is 5.92 Å². The Hall–Kier alpha value is -1.05. The van der Waals surface area contributed by atoms with Crippen LogP contribution in [0.4, 0.5) is 0 Å². The SMILES string of the molecule is C=CC(C)/C=C(\C)CCC(=O)O. The van der Waals surface area contributed by atoms with E-state index in [0.717, 1.165) is 5.57 Å². The molecule has 0 radical (unpaired) electrons. The average molecular weight is 168 g/mol. The van der Waals surface area contributed by atoms with E-state index in [0.29, 0.717) is 12.3 Å². The average Bonchev–Trinajstić information content (AvgIpc) is 2.00. The van der Waals surface area contributed by atoms with E-state index < -0.39 is 5.97 Å². The highest BCUT2D eigenvalue weighted by Gasteiger charge is 1.98. The second-order valence-corrected chi connectivity index (χ2v) is 3.00. The van der Waals surface area contributed by atoms with Crippen LogP contribution in [-0.2, 0) is 4.79 Å². The molecule has 0 spiro atoms. The fourth-order valence-electron chi connectivity index (χ4n) is 0.904. The van der Waals surface area contributed by atoms with Crippen LogP contribution in [0.5, 0.6) is 0 Å². The summed E-state index contributed by atoms with van der Waals surface area (Å²) >= 11 is 0. The van der Waals surface area contributed by atoms with Gasteiger partial charge in [-0.1, -0.05) is 24.6 Å². The van der Waals surface area contributed by atoms with Crippen LogP contribution in [0.3, 0.4) is 0 Å². The molecule has 1 unspecified atom stereocenters. The Bertz CT molecular complexity index is 192. The lowest BCUT2D eigenvalue weighted by atomic mass is 10.1.